The second kappa shape index (κ2) is 7.91. The molecule has 0 bridgehead atoms. The topological polar surface area (TPSA) is 34.1 Å². The van der Waals surface area contributed by atoms with E-state index >= 15 is 0 Å². The van der Waals surface area contributed by atoms with E-state index in [1.807, 2.05) is 18.5 Å². The molecule has 3 heteroatoms. The number of aromatic nitrogens is 1. The van der Waals surface area contributed by atoms with Gasteiger partial charge < -0.3 is 10.1 Å². The van der Waals surface area contributed by atoms with Crippen LogP contribution in [0, 0.1) is 5.92 Å². The lowest BCUT2D eigenvalue weighted by atomic mass is 9.98. The van der Waals surface area contributed by atoms with E-state index in [1.54, 1.807) is 7.11 Å². The standard InChI is InChI=1S/C18H24N2O/c1-14(2)16(12-19-8-9-21-3)10-17-13-20-11-15-6-4-5-7-18(15)17/h4-7,10-11,13-14,19H,8-9,12H2,1-3H3/b16-10-. The van der Waals surface area contributed by atoms with E-state index in [-0.39, 0.29) is 0 Å². The normalized spacial score (nSPS) is 12.3. The monoisotopic (exact) mass is 284 g/mol. The zero-order valence-corrected chi connectivity index (χ0v) is 13.1. The molecule has 21 heavy (non-hydrogen) atoms. The summed E-state index contributed by atoms with van der Waals surface area (Å²) >= 11 is 0. The summed E-state index contributed by atoms with van der Waals surface area (Å²) in [5.74, 6) is 0.499. The first-order valence-corrected chi connectivity index (χ1v) is 7.45. The van der Waals surface area contributed by atoms with Crippen LogP contribution in [-0.4, -0.2) is 31.8 Å². The summed E-state index contributed by atoms with van der Waals surface area (Å²) in [6, 6.07) is 8.38. The van der Waals surface area contributed by atoms with Gasteiger partial charge in [-0.1, -0.05) is 49.8 Å². The van der Waals surface area contributed by atoms with Crippen molar-refractivity contribution in [3.05, 3.63) is 47.8 Å². The maximum absolute atomic E-state index is 5.07. The average Bonchev–Trinajstić information content (AvgIpc) is 2.50. The zero-order valence-electron chi connectivity index (χ0n) is 13.1. The van der Waals surface area contributed by atoms with Crippen LogP contribution in [0.25, 0.3) is 16.8 Å². The molecule has 1 aromatic heterocycles. The smallest absolute Gasteiger partial charge is 0.0587 e. The highest BCUT2D eigenvalue weighted by Gasteiger charge is 2.05. The number of benzene rings is 1. The van der Waals surface area contributed by atoms with Crippen molar-refractivity contribution in [2.45, 2.75) is 13.8 Å². The first-order chi connectivity index (χ1) is 10.2. The number of fused-ring (bicyclic) bond motifs is 1. The van der Waals surface area contributed by atoms with Crippen molar-refractivity contribution < 1.29 is 4.74 Å². The van der Waals surface area contributed by atoms with Gasteiger partial charge in [0.25, 0.3) is 0 Å². The Labute approximate surface area is 127 Å². The molecule has 3 nitrogen and oxygen atoms in total. The predicted octanol–water partition coefficient (Wildman–Crippen LogP) is 3.51. The van der Waals surface area contributed by atoms with Crippen LogP contribution < -0.4 is 5.32 Å². The maximum Gasteiger partial charge on any atom is 0.0587 e. The summed E-state index contributed by atoms with van der Waals surface area (Å²) in [4.78, 5) is 4.35. The Morgan fingerprint density at radius 2 is 2.10 bits per heavy atom. The molecule has 0 atom stereocenters. The van der Waals surface area contributed by atoms with Crippen LogP contribution in [-0.2, 0) is 4.74 Å². The molecular formula is C18H24N2O. The van der Waals surface area contributed by atoms with E-state index in [2.05, 4.69) is 48.4 Å². The van der Waals surface area contributed by atoms with E-state index in [0.717, 1.165) is 19.7 Å². The Kier molecular flexibility index (Phi) is 5.90. The van der Waals surface area contributed by atoms with Gasteiger partial charge in [0.15, 0.2) is 0 Å². The van der Waals surface area contributed by atoms with Crippen molar-refractivity contribution in [2.75, 3.05) is 26.8 Å². The minimum absolute atomic E-state index is 0.499. The van der Waals surface area contributed by atoms with Gasteiger partial charge in [0, 0.05) is 43.5 Å². The summed E-state index contributed by atoms with van der Waals surface area (Å²) in [5.41, 5.74) is 2.56. The average molecular weight is 284 g/mol. The molecule has 0 amide bonds. The second-order valence-electron chi connectivity index (χ2n) is 5.49. The van der Waals surface area contributed by atoms with Crippen LogP contribution in [0.15, 0.2) is 42.2 Å². The van der Waals surface area contributed by atoms with Crippen molar-refractivity contribution in [3.8, 4) is 0 Å². The third kappa shape index (κ3) is 4.38. The van der Waals surface area contributed by atoms with Gasteiger partial charge in [0.05, 0.1) is 6.61 Å². The molecule has 2 rings (SSSR count). The number of hydrogen-bond acceptors (Lipinski definition) is 3. The fraction of sp³-hybridized carbons (Fsp3) is 0.389. The van der Waals surface area contributed by atoms with Gasteiger partial charge in [0.1, 0.15) is 0 Å². The Bertz CT molecular complexity index is 600. The van der Waals surface area contributed by atoms with Crippen molar-refractivity contribution in [1.29, 1.82) is 0 Å². The van der Waals surface area contributed by atoms with Crippen LogP contribution in [0.1, 0.15) is 19.4 Å². The van der Waals surface area contributed by atoms with Crippen LogP contribution in [0.5, 0.6) is 0 Å². The molecule has 0 aliphatic heterocycles. The highest BCUT2D eigenvalue weighted by Crippen LogP contribution is 2.21. The number of methoxy groups -OCH3 is 1. The van der Waals surface area contributed by atoms with Gasteiger partial charge >= 0.3 is 0 Å². The quantitative estimate of drug-likeness (QED) is 0.790. The molecule has 0 fully saturated rings. The van der Waals surface area contributed by atoms with E-state index in [4.69, 9.17) is 4.74 Å². The molecule has 0 aliphatic carbocycles. The van der Waals surface area contributed by atoms with Gasteiger partial charge in [0.2, 0.25) is 0 Å². The van der Waals surface area contributed by atoms with Crippen LogP contribution in [0.2, 0.25) is 0 Å². The third-order valence-electron chi connectivity index (χ3n) is 3.59. The Morgan fingerprint density at radius 3 is 2.86 bits per heavy atom. The molecule has 1 heterocycles. The van der Waals surface area contributed by atoms with Crippen LogP contribution in [0.3, 0.4) is 0 Å². The molecule has 112 valence electrons. The summed E-state index contributed by atoms with van der Waals surface area (Å²) in [5, 5.41) is 5.86. The zero-order chi connectivity index (χ0) is 15.1. The fourth-order valence-electron chi connectivity index (χ4n) is 2.28. The number of nitrogens with zero attached hydrogens (tertiary/aromatic N) is 1. The minimum atomic E-state index is 0.499. The molecule has 1 aromatic carbocycles. The van der Waals surface area contributed by atoms with E-state index < -0.39 is 0 Å². The molecule has 1 N–H and O–H groups in total. The number of hydrogen-bond donors (Lipinski definition) is 1. The lowest BCUT2D eigenvalue weighted by Crippen LogP contribution is -2.23. The lowest BCUT2D eigenvalue weighted by molar-refractivity contribution is 0.200. The molecule has 0 unspecified atom stereocenters. The Morgan fingerprint density at radius 1 is 1.29 bits per heavy atom. The molecule has 0 saturated heterocycles. The maximum atomic E-state index is 5.07. The summed E-state index contributed by atoms with van der Waals surface area (Å²) in [6.07, 6.45) is 6.12. The predicted molar refractivity (Wildman–Crippen MR) is 89.3 cm³/mol. The Hall–Kier alpha value is -1.71. The second-order valence-corrected chi connectivity index (χ2v) is 5.49. The van der Waals surface area contributed by atoms with Gasteiger partial charge in [-0.2, -0.15) is 0 Å². The fourth-order valence-corrected chi connectivity index (χ4v) is 2.28. The molecule has 0 aliphatic rings. The molecule has 0 radical (unpaired) electrons. The molecule has 0 spiro atoms. The lowest BCUT2D eigenvalue weighted by Gasteiger charge is -2.13. The van der Waals surface area contributed by atoms with Gasteiger partial charge in [-0.05, 0) is 11.3 Å². The Balaban J connectivity index is 2.23. The van der Waals surface area contributed by atoms with Gasteiger partial charge in [-0.15, -0.1) is 0 Å². The van der Waals surface area contributed by atoms with Crippen molar-refractivity contribution in [1.82, 2.24) is 10.3 Å². The summed E-state index contributed by atoms with van der Waals surface area (Å²) in [6.45, 7) is 6.94. The minimum Gasteiger partial charge on any atom is -0.383 e. The van der Waals surface area contributed by atoms with E-state index in [0.29, 0.717) is 5.92 Å². The number of nitrogens with one attached hydrogen (secondary N) is 1. The van der Waals surface area contributed by atoms with Crippen LogP contribution in [0.4, 0.5) is 0 Å². The highest BCUT2D eigenvalue weighted by molar-refractivity contribution is 5.89. The SMILES string of the molecule is COCCNC/C(=C/c1cncc2ccccc12)C(C)C. The van der Waals surface area contributed by atoms with Crippen molar-refractivity contribution >= 4 is 16.8 Å². The number of rotatable bonds is 7. The van der Waals surface area contributed by atoms with E-state index in [9.17, 15) is 0 Å². The number of ether oxygens (including phenoxy) is 1. The van der Waals surface area contributed by atoms with E-state index in [1.165, 1.54) is 21.9 Å². The molecule has 2 aromatic rings. The summed E-state index contributed by atoms with van der Waals surface area (Å²) in [7, 11) is 1.72. The molecular weight excluding hydrogens is 260 g/mol. The van der Waals surface area contributed by atoms with Gasteiger partial charge in [-0.3, -0.25) is 4.98 Å². The number of pyridine rings is 1. The largest absolute Gasteiger partial charge is 0.383 e. The van der Waals surface area contributed by atoms with Gasteiger partial charge in [-0.25, -0.2) is 0 Å². The van der Waals surface area contributed by atoms with Crippen LogP contribution >= 0.6 is 0 Å². The van der Waals surface area contributed by atoms with Crippen molar-refractivity contribution in [3.63, 3.8) is 0 Å². The first-order valence-electron chi connectivity index (χ1n) is 7.45. The van der Waals surface area contributed by atoms with Crippen molar-refractivity contribution in [2.24, 2.45) is 5.92 Å². The first kappa shape index (κ1) is 15.7. The highest BCUT2D eigenvalue weighted by atomic mass is 16.5. The third-order valence-corrected chi connectivity index (χ3v) is 3.59. The molecule has 0 saturated carbocycles. The summed E-state index contributed by atoms with van der Waals surface area (Å²) < 4.78 is 5.07.